The Morgan fingerprint density at radius 1 is 1.23 bits per heavy atom. The number of amides is 1. The summed E-state index contributed by atoms with van der Waals surface area (Å²) < 4.78 is 5.25. The third-order valence-corrected chi connectivity index (χ3v) is 7.33. The quantitative estimate of drug-likeness (QED) is 0.803. The molecule has 6 heteroatoms. The number of benzene rings is 1. The van der Waals surface area contributed by atoms with Gasteiger partial charge < -0.3 is 19.6 Å². The van der Waals surface area contributed by atoms with E-state index in [4.69, 9.17) is 4.52 Å². The van der Waals surface area contributed by atoms with Gasteiger partial charge in [-0.1, -0.05) is 42.4 Å². The summed E-state index contributed by atoms with van der Waals surface area (Å²) in [6.07, 6.45) is 2.20. The van der Waals surface area contributed by atoms with Crippen molar-refractivity contribution in [1.29, 1.82) is 0 Å². The molecule has 4 rings (SSSR count). The van der Waals surface area contributed by atoms with Crippen LogP contribution in [0.2, 0.25) is 0 Å². The maximum atomic E-state index is 13.6. The average molecular weight is 413 g/mol. The monoisotopic (exact) mass is 412 g/mol. The Kier molecular flexibility index (Phi) is 5.73. The topological polar surface area (TPSA) is 86.8 Å². The average Bonchev–Trinajstić information content (AvgIpc) is 3.19. The molecule has 0 unspecified atom stereocenters. The largest absolute Gasteiger partial charge is 0.390 e. The highest BCUT2D eigenvalue weighted by atomic mass is 16.5. The van der Waals surface area contributed by atoms with Crippen LogP contribution in [0.15, 0.2) is 34.9 Å². The zero-order chi connectivity index (χ0) is 21.5. The Labute approximate surface area is 177 Å². The molecule has 2 fully saturated rings. The number of aliphatic hydroxyl groups excluding tert-OH is 2. The Balaban J connectivity index is 1.65. The Morgan fingerprint density at radius 3 is 2.63 bits per heavy atom. The fourth-order valence-corrected chi connectivity index (χ4v) is 5.61. The molecule has 1 aromatic heterocycles. The van der Waals surface area contributed by atoms with Crippen molar-refractivity contribution in [2.75, 3.05) is 0 Å². The first-order chi connectivity index (χ1) is 14.3. The molecule has 0 spiro atoms. The van der Waals surface area contributed by atoms with Gasteiger partial charge in [0.1, 0.15) is 5.76 Å². The van der Waals surface area contributed by atoms with Crippen LogP contribution in [0, 0.1) is 19.3 Å². The summed E-state index contributed by atoms with van der Waals surface area (Å²) in [7, 11) is 0. The van der Waals surface area contributed by atoms with Gasteiger partial charge >= 0.3 is 0 Å². The van der Waals surface area contributed by atoms with Crippen molar-refractivity contribution in [3.05, 3.63) is 52.9 Å². The minimum Gasteiger partial charge on any atom is -0.390 e. The predicted molar refractivity (Wildman–Crippen MR) is 113 cm³/mol. The molecule has 2 N–H and O–H groups in total. The summed E-state index contributed by atoms with van der Waals surface area (Å²) in [5, 5.41) is 25.5. The molecule has 2 aromatic rings. The van der Waals surface area contributed by atoms with Crippen molar-refractivity contribution in [3.8, 4) is 0 Å². The van der Waals surface area contributed by atoms with Gasteiger partial charge in [0, 0.05) is 23.4 Å². The zero-order valence-corrected chi connectivity index (χ0v) is 18.0. The van der Waals surface area contributed by atoms with Gasteiger partial charge in [0.05, 0.1) is 23.9 Å². The minimum absolute atomic E-state index is 0.0844. The molecule has 0 bridgehead atoms. The fraction of sp³-hybridized carbons (Fsp3) is 0.583. The van der Waals surface area contributed by atoms with E-state index >= 15 is 0 Å². The van der Waals surface area contributed by atoms with Gasteiger partial charge in [0.15, 0.2) is 0 Å². The number of nitrogens with zero attached hydrogens (tertiary/aromatic N) is 2. The zero-order valence-electron chi connectivity index (χ0n) is 18.0. The summed E-state index contributed by atoms with van der Waals surface area (Å²) in [4.78, 5) is 15.6. The lowest BCUT2D eigenvalue weighted by atomic mass is 9.74. The second-order valence-electron chi connectivity index (χ2n) is 9.20. The maximum Gasteiger partial charge on any atom is 0.223 e. The van der Waals surface area contributed by atoms with E-state index in [0.29, 0.717) is 25.7 Å². The summed E-state index contributed by atoms with van der Waals surface area (Å²) in [5.41, 5.74) is 2.38. The molecule has 2 aliphatic rings. The van der Waals surface area contributed by atoms with E-state index in [1.807, 2.05) is 43.9 Å². The lowest BCUT2D eigenvalue weighted by Gasteiger charge is -2.38. The Hall–Kier alpha value is -2.18. The first-order valence-electron chi connectivity index (χ1n) is 11.0. The van der Waals surface area contributed by atoms with Crippen LogP contribution in [-0.2, 0) is 11.2 Å². The van der Waals surface area contributed by atoms with Gasteiger partial charge in [-0.05, 0) is 51.5 Å². The van der Waals surface area contributed by atoms with Crippen LogP contribution in [-0.4, -0.2) is 44.4 Å². The molecule has 1 amide bonds. The van der Waals surface area contributed by atoms with Gasteiger partial charge in [-0.15, -0.1) is 0 Å². The number of likely N-dealkylation sites (tertiary alicyclic amines) is 1. The first kappa shape index (κ1) is 21.1. The van der Waals surface area contributed by atoms with Crippen molar-refractivity contribution >= 4 is 5.91 Å². The van der Waals surface area contributed by atoms with Gasteiger partial charge in [-0.3, -0.25) is 4.79 Å². The molecule has 1 saturated heterocycles. The number of aliphatic hydroxyl groups is 2. The Bertz CT molecular complexity index is 876. The van der Waals surface area contributed by atoms with E-state index in [-0.39, 0.29) is 18.0 Å². The molecular formula is C24H32N2O4. The summed E-state index contributed by atoms with van der Waals surface area (Å²) >= 11 is 0. The van der Waals surface area contributed by atoms with Crippen LogP contribution >= 0.6 is 0 Å². The number of carbonyl (C=O) groups excluding carboxylic acids is 1. The highest BCUT2D eigenvalue weighted by molar-refractivity contribution is 5.78. The molecule has 6 nitrogen and oxygen atoms in total. The number of fused-ring (bicyclic) bond motifs is 1. The van der Waals surface area contributed by atoms with Crippen molar-refractivity contribution < 1.29 is 19.5 Å². The maximum absolute atomic E-state index is 13.6. The SMILES string of the molecule is Cc1noc(C)c1CCC(=O)N1[C@@H](c2ccccc2)C[C@@]2(C)[C@@H](O)[C@H](O)CCC[C@@H]12. The van der Waals surface area contributed by atoms with Crippen LogP contribution in [0.4, 0.5) is 0 Å². The molecule has 162 valence electrons. The molecule has 30 heavy (non-hydrogen) atoms. The van der Waals surface area contributed by atoms with Crippen molar-refractivity contribution in [2.24, 2.45) is 5.41 Å². The molecule has 1 aliphatic carbocycles. The van der Waals surface area contributed by atoms with Crippen LogP contribution in [0.25, 0.3) is 0 Å². The van der Waals surface area contributed by atoms with Gasteiger partial charge in [-0.2, -0.15) is 0 Å². The smallest absolute Gasteiger partial charge is 0.223 e. The number of hydrogen-bond acceptors (Lipinski definition) is 5. The fourth-order valence-electron chi connectivity index (χ4n) is 5.61. The van der Waals surface area contributed by atoms with Crippen LogP contribution < -0.4 is 0 Å². The second kappa shape index (κ2) is 8.16. The van der Waals surface area contributed by atoms with Crippen molar-refractivity contribution in [3.63, 3.8) is 0 Å². The van der Waals surface area contributed by atoms with Crippen LogP contribution in [0.1, 0.15) is 67.7 Å². The van der Waals surface area contributed by atoms with Crippen molar-refractivity contribution in [2.45, 2.75) is 83.6 Å². The number of aryl methyl sites for hydroxylation is 2. The van der Waals surface area contributed by atoms with E-state index in [9.17, 15) is 15.0 Å². The van der Waals surface area contributed by atoms with Crippen LogP contribution in [0.3, 0.4) is 0 Å². The number of aromatic nitrogens is 1. The first-order valence-corrected chi connectivity index (χ1v) is 11.0. The van der Waals surface area contributed by atoms with E-state index in [2.05, 4.69) is 17.3 Å². The highest BCUT2D eigenvalue weighted by Gasteiger charge is 2.56. The van der Waals surface area contributed by atoms with Gasteiger partial charge in [-0.25, -0.2) is 0 Å². The van der Waals surface area contributed by atoms with E-state index in [0.717, 1.165) is 35.4 Å². The summed E-state index contributed by atoms with van der Waals surface area (Å²) in [6.45, 7) is 5.82. The minimum atomic E-state index is -0.837. The lowest BCUT2D eigenvalue weighted by molar-refractivity contribution is -0.136. The molecule has 2 heterocycles. The number of hydrogen-bond donors (Lipinski definition) is 2. The third-order valence-electron chi connectivity index (χ3n) is 7.33. The number of rotatable bonds is 4. The standard InChI is InChI=1S/C24H32N2O4/c1-15-18(16(2)30-25-15)12-13-22(28)26-19(17-8-5-4-6-9-17)14-24(3)21(26)11-7-10-20(27)23(24)29/h4-6,8-9,19-21,23,27,29H,7,10-14H2,1-3H3/t19-,20-,21-,23+,24-/m1/s1. The molecule has 1 aliphatic heterocycles. The number of carbonyl (C=O) groups is 1. The van der Waals surface area contributed by atoms with E-state index in [1.165, 1.54) is 0 Å². The third kappa shape index (κ3) is 3.56. The normalized spacial score (nSPS) is 31.4. The molecule has 0 radical (unpaired) electrons. The molecular weight excluding hydrogens is 380 g/mol. The van der Waals surface area contributed by atoms with Crippen LogP contribution in [0.5, 0.6) is 0 Å². The second-order valence-corrected chi connectivity index (χ2v) is 9.20. The Morgan fingerprint density at radius 2 is 1.97 bits per heavy atom. The van der Waals surface area contributed by atoms with Crippen molar-refractivity contribution in [1.82, 2.24) is 10.1 Å². The lowest BCUT2D eigenvalue weighted by Crippen LogP contribution is -2.49. The summed E-state index contributed by atoms with van der Waals surface area (Å²) in [5.74, 6) is 0.848. The molecule has 1 saturated carbocycles. The van der Waals surface area contributed by atoms with Gasteiger partial charge in [0.2, 0.25) is 5.91 Å². The van der Waals surface area contributed by atoms with E-state index < -0.39 is 17.6 Å². The molecule has 5 atom stereocenters. The van der Waals surface area contributed by atoms with E-state index in [1.54, 1.807) is 0 Å². The predicted octanol–water partition coefficient (Wildman–Crippen LogP) is 3.48. The molecule has 1 aromatic carbocycles. The summed E-state index contributed by atoms with van der Waals surface area (Å²) in [6, 6.07) is 9.87. The highest BCUT2D eigenvalue weighted by Crippen LogP contribution is 2.53. The van der Waals surface area contributed by atoms with Gasteiger partial charge in [0.25, 0.3) is 0 Å².